The molecule has 3 aliphatic rings. The van der Waals surface area contributed by atoms with Crippen LogP contribution in [0.1, 0.15) is 44.9 Å². The summed E-state index contributed by atoms with van der Waals surface area (Å²) >= 11 is 0. The molecule has 0 aromatic heterocycles. The second-order valence-electron chi connectivity index (χ2n) is 13.9. The summed E-state index contributed by atoms with van der Waals surface area (Å²) in [5.41, 5.74) is 20.2. The van der Waals surface area contributed by atoms with Crippen LogP contribution in [0.15, 0.2) is 176 Å². The Bertz CT molecular complexity index is 2590. The molecule has 1 spiro atoms. The third kappa shape index (κ3) is 3.48. The van der Waals surface area contributed by atoms with Crippen LogP contribution in [0.4, 0.5) is 0 Å². The number of hydrogen-bond donors (Lipinski definition) is 0. The molecule has 3 aliphatic carbocycles. The van der Waals surface area contributed by atoms with Crippen molar-refractivity contribution < 1.29 is 0 Å². The highest BCUT2D eigenvalue weighted by atomic mass is 14.5. The maximum Gasteiger partial charge on any atom is 0.0728 e. The van der Waals surface area contributed by atoms with Gasteiger partial charge < -0.3 is 0 Å². The minimum absolute atomic E-state index is 0.231. The summed E-state index contributed by atoms with van der Waals surface area (Å²) in [6.45, 7) is 0. The lowest BCUT2D eigenvalue weighted by molar-refractivity contribution is 0.745. The minimum Gasteiger partial charge on any atom is -0.0622 e. The molecular formula is C49H32. The van der Waals surface area contributed by atoms with Crippen LogP contribution in [0.5, 0.6) is 0 Å². The third-order valence-corrected chi connectivity index (χ3v) is 11.6. The van der Waals surface area contributed by atoms with Gasteiger partial charge in [-0.2, -0.15) is 0 Å². The van der Waals surface area contributed by atoms with Crippen molar-refractivity contribution in [2.24, 2.45) is 0 Å². The lowest BCUT2D eigenvalue weighted by atomic mass is 9.68. The van der Waals surface area contributed by atoms with Crippen molar-refractivity contribution in [2.75, 3.05) is 0 Å². The van der Waals surface area contributed by atoms with Crippen molar-refractivity contribution >= 4 is 10.8 Å². The van der Waals surface area contributed by atoms with E-state index < -0.39 is 5.41 Å². The molecule has 0 radical (unpaired) electrons. The van der Waals surface area contributed by atoms with E-state index >= 15 is 0 Å². The Morgan fingerprint density at radius 1 is 0.388 bits per heavy atom. The van der Waals surface area contributed by atoms with Crippen LogP contribution in [0.3, 0.4) is 0 Å². The number of fused-ring (bicyclic) bond motifs is 14. The molecule has 228 valence electrons. The zero-order valence-electron chi connectivity index (χ0n) is 27.0. The van der Waals surface area contributed by atoms with E-state index in [1.807, 2.05) is 0 Å². The molecule has 8 aromatic rings. The molecule has 0 bridgehead atoms. The molecule has 0 amide bonds. The average molecular weight is 621 g/mol. The predicted octanol–water partition coefficient (Wildman–Crippen LogP) is 12.2. The highest BCUT2D eigenvalue weighted by Gasteiger charge is 2.53. The summed E-state index contributed by atoms with van der Waals surface area (Å²) < 4.78 is 0. The van der Waals surface area contributed by atoms with E-state index in [9.17, 15) is 0 Å². The van der Waals surface area contributed by atoms with Crippen molar-refractivity contribution in [3.63, 3.8) is 0 Å². The predicted molar refractivity (Wildman–Crippen MR) is 203 cm³/mol. The maximum absolute atomic E-state index is 2.58. The molecule has 0 nitrogen and oxygen atoms in total. The molecule has 11 rings (SSSR count). The van der Waals surface area contributed by atoms with Gasteiger partial charge in [0.1, 0.15) is 0 Å². The molecule has 0 N–H and O–H groups in total. The van der Waals surface area contributed by atoms with Gasteiger partial charge in [-0.25, -0.2) is 0 Å². The van der Waals surface area contributed by atoms with Gasteiger partial charge in [-0.1, -0.05) is 170 Å². The van der Waals surface area contributed by atoms with Crippen LogP contribution >= 0.6 is 0 Å². The topological polar surface area (TPSA) is 0 Å². The molecule has 0 heteroatoms. The van der Waals surface area contributed by atoms with E-state index in [4.69, 9.17) is 0 Å². The fourth-order valence-electron chi connectivity index (χ4n) is 9.83. The van der Waals surface area contributed by atoms with Gasteiger partial charge in [0.05, 0.1) is 5.41 Å². The van der Waals surface area contributed by atoms with Gasteiger partial charge in [0.2, 0.25) is 0 Å². The first-order chi connectivity index (χ1) is 24.3. The van der Waals surface area contributed by atoms with Crippen molar-refractivity contribution in [3.05, 3.63) is 215 Å². The Balaban J connectivity index is 1.26. The van der Waals surface area contributed by atoms with Crippen molar-refractivity contribution in [3.8, 4) is 44.5 Å². The van der Waals surface area contributed by atoms with Crippen molar-refractivity contribution in [2.45, 2.75) is 17.8 Å². The summed E-state index contributed by atoms with van der Waals surface area (Å²) in [4.78, 5) is 0. The smallest absolute Gasteiger partial charge is 0.0622 e. The molecule has 1 unspecified atom stereocenters. The Morgan fingerprint density at radius 3 is 1.63 bits per heavy atom. The van der Waals surface area contributed by atoms with Crippen LogP contribution in [-0.4, -0.2) is 0 Å². The van der Waals surface area contributed by atoms with Crippen LogP contribution in [0, 0.1) is 0 Å². The van der Waals surface area contributed by atoms with Gasteiger partial charge in [-0.3, -0.25) is 0 Å². The normalized spacial score (nSPS) is 15.7. The molecule has 0 fully saturated rings. The summed E-state index contributed by atoms with van der Waals surface area (Å²) in [7, 11) is 0. The first-order valence-electron chi connectivity index (χ1n) is 17.5. The molecule has 8 aromatic carbocycles. The van der Waals surface area contributed by atoms with Gasteiger partial charge in [-0.05, 0) is 107 Å². The zero-order chi connectivity index (χ0) is 32.1. The SMILES string of the molecule is c1ccc(C(Cc2cccc3c2C2(c4ccccc4-3)c3ccccc3-c3c2cc2c4c(cccc34)-c3ccccc3-2)c2ccccc2)cc1. The quantitative estimate of drug-likeness (QED) is 0.184. The lowest BCUT2D eigenvalue weighted by Crippen LogP contribution is -2.27. The largest absolute Gasteiger partial charge is 0.0728 e. The summed E-state index contributed by atoms with van der Waals surface area (Å²) in [6.07, 6.45) is 0.915. The summed E-state index contributed by atoms with van der Waals surface area (Å²) in [5.74, 6) is 0.231. The monoisotopic (exact) mass is 620 g/mol. The Hall–Kier alpha value is -5.98. The Morgan fingerprint density at radius 2 is 0.918 bits per heavy atom. The summed E-state index contributed by atoms with van der Waals surface area (Å²) in [5, 5.41) is 2.75. The molecule has 0 saturated carbocycles. The first kappa shape index (κ1) is 27.0. The highest BCUT2D eigenvalue weighted by Crippen LogP contribution is 2.66. The van der Waals surface area contributed by atoms with E-state index in [0.717, 1.165) is 6.42 Å². The molecule has 0 aliphatic heterocycles. The van der Waals surface area contributed by atoms with Gasteiger partial charge in [0, 0.05) is 5.92 Å². The van der Waals surface area contributed by atoms with Crippen LogP contribution in [0.2, 0.25) is 0 Å². The van der Waals surface area contributed by atoms with E-state index in [-0.39, 0.29) is 5.92 Å². The van der Waals surface area contributed by atoms with Crippen molar-refractivity contribution in [1.29, 1.82) is 0 Å². The van der Waals surface area contributed by atoms with E-state index in [1.165, 1.54) is 94.2 Å². The van der Waals surface area contributed by atoms with Gasteiger partial charge in [0.25, 0.3) is 0 Å². The van der Waals surface area contributed by atoms with E-state index in [0.29, 0.717) is 0 Å². The van der Waals surface area contributed by atoms with Gasteiger partial charge in [-0.15, -0.1) is 0 Å². The lowest BCUT2D eigenvalue weighted by Gasteiger charge is -2.33. The Labute approximate surface area is 287 Å². The van der Waals surface area contributed by atoms with E-state index in [2.05, 4.69) is 176 Å². The molecule has 1 atom stereocenters. The molecular weight excluding hydrogens is 589 g/mol. The van der Waals surface area contributed by atoms with Crippen molar-refractivity contribution in [1.82, 2.24) is 0 Å². The van der Waals surface area contributed by atoms with Crippen LogP contribution in [0.25, 0.3) is 55.3 Å². The van der Waals surface area contributed by atoms with Crippen LogP contribution < -0.4 is 0 Å². The van der Waals surface area contributed by atoms with Gasteiger partial charge >= 0.3 is 0 Å². The van der Waals surface area contributed by atoms with Crippen LogP contribution in [-0.2, 0) is 11.8 Å². The third-order valence-electron chi connectivity index (χ3n) is 11.6. The van der Waals surface area contributed by atoms with E-state index in [1.54, 1.807) is 0 Å². The zero-order valence-corrected chi connectivity index (χ0v) is 27.0. The minimum atomic E-state index is -0.426. The average Bonchev–Trinajstić information content (AvgIpc) is 3.78. The number of benzene rings is 8. The maximum atomic E-state index is 2.58. The van der Waals surface area contributed by atoms with Gasteiger partial charge in [0.15, 0.2) is 0 Å². The molecule has 0 heterocycles. The second-order valence-corrected chi connectivity index (χ2v) is 13.9. The fourth-order valence-corrected chi connectivity index (χ4v) is 9.83. The fraction of sp³-hybridized carbons (Fsp3) is 0.0612. The standard InChI is InChI=1S/C49H32/c1-3-15-31(16-4-1)41(32-17-5-2-6-18-32)29-33-19-13-25-38-36-22-9-11-27-43(36)49(48(33)38)44-28-12-10-23-39(44)47-40-26-14-24-37-34-20-7-8-21-35(34)42(46(37)40)30-45(47)49/h1-28,30,41H,29H2. The Kier molecular flexibility index (Phi) is 5.52. The summed E-state index contributed by atoms with van der Waals surface area (Å²) in [6, 6.07) is 66.3. The first-order valence-corrected chi connectivity index (χ1v) is 17.5. The molecule has 49 heavy (non-hydrogen) atoms. The highest BCUT2D eigenvalue weighted by molar-refractivity contribution is 6.21. The number of rotatable bonds is 4. The second kappa shape index (κ2) is 10.0. The number of hydrogen-bond acceptors (Lipinski definition) is 0. The molecule has 0 saturated heterocycles.